The Morgan fingerprint density at radius 1 is 1.12 bits per heavy atom. The number of thioether (sulfide) groups is 1. The summed E-state index contributed by atoms with van der Waals surface area (Å²) in [6, 6.07) is 14.8. The van der Waals surface area contributed by atoms with Gasteiger partial charge in [-0.2, -0.15) is 11.8 Å². The molecule has 1 unspecified atom stereocenters. The Labute approximate surface area is 150 Å². The summed E-state index contributed by atoms with van der Waals surface area (Å²) in [5, 5.41) is 1.05. The van der Waals surface area contributed by atoms with Gasteiger partial charge in [-0.25, -0.2) is 4.39 Å². The predicted molar refractivity (Wildman–Crippen MR) is 100 cm³/mol. The van der Waals surface area contributed by atoms with Gasteiger partial charge in [-0.1, -0.05) is 36.4 Å². The Balaban J connectivity index is 1.53. The summed E-state index contributed by atoms with van der Waals surface area (Å²) in [5.41, 5.74) is 2.43. The van der Waals surface area contributed by atoms with E-state index in [1.807, 2.05) is 41.3 Å². The zero-order chi connectivity index (χ0) is 17.2. The molecule has 128 valence electrons. The number of carbonyl (C=O) groups is 1. The minimum Gasteiger partial charge on any atom is -0.360 e. The third-order valence-electron chi connectivity index (χ3n) is 4.70. The molecule has 1 fully saturated rings. The molecule has 0 spiro atoms. The van der Waals surface area contributed by atoms with Crippen molar-refractivity contribution < 1.29 is 9.18 Å². The Morgan fingerprint density at radius 2 is 1.92 bits per heavy atom. The number of hydrogen-bond donors (Lipinski definition) is 1. The second-order valence-corrected chi connectivity index (χ2v) is 7.52. The maximum atomic E-state index is 14.1. The molecule has 1 saturated heterocycles. The molecule has 2 aromatic carbocycles. The van der Waals surface area contributed by atoms with Crippen LogP contribution in [-0.4, -0.2) is 34.6 Å². The summed E-state index contributed by atoms with van der Waals surface area (Å²) in [6.45, 7) is 1.33. The highest BCUT2D eigenvalue weighted by Gasteiger charge is 2.25. The summed E-state index contributed by atoms with van der Waals surface area (Å²) in [5.74, 6) is 0.705. The first-order valence-corrected chi connectivity index (χ1v) is 9.50. The standard InChI is InChI=1S/C20H19FN2OS/c21-17-7-3-1-6-15(17)19-9-10-23(11-12-25-19)20(24)16-13-22-18-8-4-2-5-14(16)18/h1-8,13,19,22H,9-12H2. The second-order valence-electron chi connectivity index (χ2n) is 6.21. The molecule has 3 nitrogen and oxygen atoms in total. The maximum absolute atomic E-state index is 14.1. The quantitative estimate of drug-likeness (QED) is 0.728. The van der Waals surface area contributed by atoms with Crippen LogP contribution in [0.2, 0.25) is 0 Å². The lowest BCUT2D eigenvalue weighted by molar-refractivity contribution is 0.0768. The molecule has 0 bridgehead atoms. The van der Waals surface area contributed by atoms with E-state index in [1.165, 1.54) is 6.07 Å². The Morgan fingerprint density at radius 3 is 2.80 bits per heavy atom. The molecule has 5 heteroatoms. The summed E-state index contributed by atoms with van der Waals surface area (Å²) in [6.07, 6.45) is 2.55. The van der Waals surface area contributed by atoms with Crippen molar-refractivity contribution >= 4 is 28.6 Å². The van der Waals surface area contributed by atoms with Crippen LogP contribution >= 0.6 is 11.8 Å². The predicted octanol–water partition coefficient (Wildman–Crippen LogP) is 4.63. The van der Waals surface area contributed by atoms with Gasteiger partial charge in [0, 0.05) is 46.8 Å². The minimum atomic E-state index is -0.156. The number of para-hydroxylation sites is 1. The number of amides is 1. The van der Waals surface area contributed by atoms with Crippen LogP contribution in [0, 0.1) is 5.82 Å². The third-order valence-corrected chi connectivity index (χ3v) is 6.01. The van der Waals surface area contributed by atoms with Crippen LogP contribution in [0.1, 0.15) is 27.6 Å². The first kappa shape index (κ1) is 16.2. The van der Waals surface area contributed by atoms with Crippen LogP contribution in [0.4, 0.5) is 4.39 Å². The van der Waals surface area contributed by atoms with Crippen molar-refractivity contribution in [3.8, 4) is 0 Å². The first-order chi connectivity index (χ1) is 12.2. The molecule has 0 radical (unpaired) electrons. The van der Waals surface area contributed by atoms with Crippen molar-refractivity contribution in [3.63, 3.8) is 0 Å². The first-order valence-electron chi connectivity index (χ1n) is 8.45. The molecular formula is C20H19FN2OS. The molecule has 1 aliphatic heterocycles. The lowest BCUT2D eigenvalue weighted by Crippen LogP contribution is -2.32. The fraction of sp³-hybridized carbons (Fsp3) is 0.250. The molecular weight excluding hydrogens is 335 g/mol. The highest BCUT2D eigenvalue weighted by molar-refractivity contribution is 7.99. The molecule has 0 saturated carbocycles. The lowest BCUT2D eigenvalue weighted by Gasteiger charge is -2.20. The van der Waals surface area contributed by atoms with Gasteiger partial charge < -0.3 is 9.88 Å². The van der Waals surface area contributed by atoms with Crippen LogP contribution in [0.25, 0.3) is 10.9 Å². The van der Waals surface area contributed by atoms with E-state index in [2.05, 4.69) is 4.98 Å². The van der Waals surface area contributed by atoms with Crippen LogP contribution in [0.3, 0.4) is 0 Å². The van der Waals surface area contributed by atoms with Gasteiger partial charge in [0.15, 0.2) is 0 Å². The largest absolute Gasteiger partial charge is 0.360 e. The van der Waals surface area contributed by atoms with E-state index in [9.17, 15) is 9.18 Å². The monoisotopic (exact) mass is 354 g/mol. The van der Waals surface area contributed by atoms with E-state index in [1.54, 1.807) is 24.0 Å². The van der Waals surface area contributed by atoms with Crippen molar-refractivity contribution in [2.24, 2.45) is 0 Å². The van der Waals surface area contributed by atoms with Crippen LogP contribution in [0.15, 0.2) is 54.7 Å². The van der Waals surface area contributed by atoms with Crippen molar-refractivity contribution in [1.29, 1.82) is 0 Å². The molecule has 3 aromatic rings. The summed E-state index contributed by atoms with van der Waals surface area (Å²) < 4.78 is 14.1. The average Bonchev–Trinajstić information content (AvgIpc) is 2.91. The molecule has 25 heavy (non-hydrogen) atoms. The van der Waals surface area contributed by atoms with Crippen LogP contribution in [-0.2, 0) is 0 Å². The van der Waals surface area contributed by atoms with E-state index in [-0.39, 0.29) is 17.0 Å². The van der Waals surface area contributed by atoms with Gasteiger partial charge in [0.05, 0.1) is 5.56 Å². The van der Waals surface area contributed by atoms with E-state index < -0.39 is 0 Å². The molecule has 4 rings (SSSR count). The SMILES string of the molecule is O=C(c1c[nH]c2ccccc12)N1CCSC(c2ccccc2F)CC1. The highest BCUT2D eigenvalue weighted by Crippen LogP contribution is 2.36. The number of aromatic amines is 1. The van der Waals surface area contributed by atoms with E-state index in [0.29, 0.717) is 18.7 Å². The highest BCUT2D eigenvalue weighted by atomic mass is 32.2. The minimum absolute atomic E-state index is 0.0484. The average molecular weight is 354 g/mol. The van der Waals surface area contributed by atoms with Crippen LogP contribution < -0.4 is 0 Å². The number of benzene rings is 2. The lowest BCUT2D eigenvalue weighted by atomic mass is 10.1. The molecule has 0 aliphatic carbocycles. The molecule has 1 aliphatic rings. The fourth-order valence-corrected chi connectivity index (χ4v) is 4.63. The van der Waals surface area contributed by atoms with E-state index in [0.717, 1.165) is 28.6 Å². The number of halogens is 1. The van der Waals surface area contributed by atoms with Gasteiger partial charge >= 0.3 is 0 Å². The number of hydrogen-bond acceptors (Lipinski definition) is 2. The van der Waals surface area contributed by atoms with E-state index >= 15 is 0 Å². The fourth-order valence-electron chi connectivity index (χ4n) is 3.38. The van der Waals surface area contributed by atoms with Gasteiger partial charge in [-0.05, 0) is 18.6 Å². The Bertz CT molecular complexity index is 907. The summed E-state index contributed by atoms with van der Waals surface area (Å²) in [4.78, 5) is 18.0. The zero-order valence-corrected chi connectivity index (χ0v) is 14.6. The Hall–Kier alpha value is -2.27. The van der Waals surface area contributed by atoms with Crippen molar-refractivity contribution in [2.45, 2.75) is 11.7 Å². The smallest absolute Gasteiger partial charge is 0.256 e. The van der Waals surface area contributed by atoms with Gasteiger partial charge in [-0.15, -0.1) is 0 Å². The maximum Gasteiger partial charge on any atom is 0.256 e. The topological polar surface area (TPSA) is 36.1 Å². The van der Waals surface area contributed by atoms with Gasteiger partial charge in [0.1, 0.15) is 5.82 Å². The third kappa shape index (κ3) is 3.16. The zero-order valence-electron chi connectivity index (χ0n) is 13.7. The summed E-state index contributed by atoms with van der Waals surface area (Å²) >= 11 is 1.73. The number of nitrogens with one attached hydrogen (secondary N) is 1. The van der Waals surface area contributed by atoms with Gasteiger partial charge in [-0.3, -0.25) is 4.79 Å². The normalized spacial score (nSPS) is 18.3. The Kier molecular flexibility index (Phi) is 4.49. The number of aromatic nitrogens is 1. The molecule has 2 heterocycles. The van der Waals surface area contributed by atoms with E-state index in [4.69, 9.17) is 0 Å². The summed E-state index contributed by atoms with van der Waals surface area (Å²) in [7, 11) is 0. The number of H-pyrrole nitrogens is 1. The second kappa shape index (κ2) is 6.92. The molecule has 1 amide bonds. The molecule has 1 N–H and O–H groups in total. The van der Waals surface area contributed by atoms with Gasteiger partial charge in [0.2, 0.25) is 0 Å². The van der Waals surface area contributed by atoms with Gasteiger partial charge in [0.25, 0.3) is 5.91 Å². The molecule has 1 atom stereocenters. The number of carbonyl (C=O) groups excluding carboxylic acids is 1. The van der Waals surface area contributed by atoms with Crippen molar-refractivity contribution in [1.82, 2.24) is 9.88 Å². The van der Waals surface area contributed by atoms with Crippen LogP contribution in [0.5, 0.6) is 0 Å². The number of rotatable bonds is 2. The molecule has 1 aromatic heterocycles. The number of nitrogens with zero attached hydrogens (tertiary/aromatic N) is 1. The number of fused-ring (bicyclic) bond motifs is 1. The van der Waals surface area contributed by atoms with Crippen molar-refractivity contribution in [3.05, 3.63) is 71.7 Å². The van der Waals surface area contributed by atoms with Crippen molar-refractivity contribution in [2.75, 3.05) is 18.8 Å².